The molecule has 1 fully saturated rings. The molecule has 0 saturated carbocycles. The second kappa shape index (κ2) is 6.31. The minimum Gasteiger partial charge on any atom is -0.345 e. The number of hydrogen-bond donors (Lipinski definition) is 1. The molecule has 1 saturated heterocycles. The summed E-state index contributed by atoms with van der Waals surface area (Å²) < 4.78 is 0. The van der Waals surface area contributed by atoms with E-state index in [0.29, 0.717) is 6.54 Å². The summed E-state index contributed by atoms with van der Waals surface area (Å²) >= 11 is 1.75. The number of piperazine rings is 1. The van der Waals surface area contributed by atoms with E-state index in [-0.39, 0.29) is 18.4 Å². The van der Waals surface area contributed by atoms with Crippen LogP contribution in [0.1, 0.15) is 18.9 Å². The third-order valence-electron chi connectivity index (χ3n) is 3.75. The van der Waals surface area contributed by atoms with Crippen molar-refractivity contribution in [3.8, 4) is 0 Å². The minimum atomic E-state index is -0.908. The van der Waals surface area contributed by atoms with E-state index in [4.69, 9.17) is 0 Å². The average Bonchev–Trinajstić information content (AvgIpc) is 2.48. The molecule has 1 aliphatic rings. The summed E-state index contributed by atoms with van der Waals surface area (Å²) in [4.78, 5) is 26.3. The van der Waals surface area contributed by atoms with Gasteiger partial charge >= 0.3 is 0 Å². The second-order valence-electron chi connectivity index (χ2n) is 5.01. The number of hydrogen-bond acceptors (Lipinski definition) is 3. The summed E-state index contributed by atoms with van der Waals surface area (Å²) in [5.74, 6) is 0.862. The van der Waals surface area contributed by atoms with E-state index in [1.165, 1.54) is 0 Å². The zero-order valence-corrected chi connectivity index (χ0v) is 12.7. The fourth-order valence-electron chi connectivity index (χ4n) is 2.56. The van der Waals surface area contributed by atoms with Crippen molar-refractivity contribution in [1.82, 2.24) is 10.2 Å². The Morgan fingerprint density at radius 1 is 1.30 bits per heavy atom. The molecule has 1 aliphatic heterocycles. The minimum absolute atomic E-state index is 0.0166. The van der Waals surface area contributed by atoms with Crippen LogP contribution in [0, 0.1) is 0 Å². The van der Waals surface area contributed by atoms with E-state index < -0.39 is 5.54 Å². The highest BCUT2D eigenvalue weighted by Crippen LogP contribution is 2.31. The van der Waals surface area contributed by atoms with Gasteiger partial charge in [-0.15, -0.1) is 0 Å². The number of carbonyl (C=O) groups is 2. The van der Waals surface area contributed by atoms with E-state index in [0.717, 1.165) is 17.7 Å². The lowest BCUT2D eigenvalue weighted by molar-refractivity contribution is -0.153. The zero-order valence-electron chi connectivity index (χ0n) is 11.9. The van der Waals surface area contributed by atoms with Gasteiger partial charge in [0.2, 0.25) is 5.91 Å². The van der Waals surface area contributed by atoms with Crippen LogP contribution in [0.2, 0.25) is 0 Å². The van der Waals surface area contributed by atoms with Crippen molar-refractivity contribution in [2.45, 2.75) is 18.9 Å². The predicted molar refractivity (Wildman–Crippen MR) is 81.5 cm³/mol. The maximum atomic E-state index is 12.4. The first-order valence-corrected chi connectivity index (χ1v) is 8.13. The molecular formula is C15H20N2O2S. The third-order valence-corrected chi connectivity index (χ3v) is 4.45. The van der Waals surface area contributed by atoms with Crippen LogP contribution in [-0.4, -0.2) is 41.8 Å². The number of amides is 2. The number of rotatable bonds is 5. The Labute approximate surface area is 123 Å². The average molecular weight is 292 g/mol. The fraction of sp³-hybridized carbons (Fsp3) is 0.467. The van der Waals surface area contributed by atoms with Gasteiger partial charge in [-0.3, -0.25) is 9.59 Å². The van der Waals surface area contributed by atoms with E-state index >= 15 is 0 Å². The monoisotopic (exact) mass is 292 g/mol. The Bertz CT molecular complexity index is 492. The molecule has 0 radical (unpaired) electrons. The molecule has 4 nitrogen and oxygen atoms in total. The first kappa shape index (κ1) is 14.9. The van der Waals surface area contributed by atoms with Gasteiger partial charge in [0.1, 0.15) is 5.54 Å². The van der Waals surface area contributed by atoms with Crippen LogP contribution in [0.3, 0.4) is 0 Å². The molecular weight excluding hydrogens is 272 g/mol. The first-order valence-electron chi connectivity index (χ1n) is 6.74. The molecule has 0 bridgehead atoms. The van der Waals surface area contributed by atoms with Gasteiger partial charge < -0.3 is 10.2 Å². The molecule has 1 N–H and O–H groups in total. The molecule has 20 heavy (non-hydrogen) atoms. The van der Waals surface area contributed by atoms with Crippen molar-refractivity contribution < 1.29 is 9.59 Å². The molecule has 0 spiro atoms. The largest absolute Gasteiger partial charge is 0.345 e. The number of nitrogens with one attached hydrogen (secondary N) is 1. The van der Waals surface area contributed by atoms with E-state index in [9.17, 15) is 9.59 Å². The lowest BCUT2D eigenvalue weighted by Gasteiger charge is -2.43. The molecule has 1 heterocycles. The van der Waals surface area contributed by atoms with Crippen LogP contribution in [0.4, 0.5) is 0 Å². The molecule has 0 aliphatic carbocycles. The predicted octanol–water partition coefficient (Wildman–Crippen LogP) is 1.61. The van der Waals surface area contributed by atoms with Crippen molar-refractivity contribution in [1.29, 1.82) is 0 Å². The van der Waals surface area contributed by atoms with E-state index in [1.54, 1.807) is 16.7 Å². The number of thioether (sulfide) groups is 1. The topological polar surface area (TPSA) is 49.4 Å². The lowest BCUT2D eigenvalue weighted by Crippen LogP contribution is -2.64. The number of nitrogens with zero attached hydrogens (tertiary/aromatic N) is 1. The molecule has 1 atom stereocenters. The summed E-state index contributed by atoms with van der Waals surface area (Å²) in [5.41, 5.74) is -0.0515. The van der Waals surface area contributed by atoms with Crippen LogP contribution >= 0.6 is 11.8 Å². The standard InChI is InChI=1S/C15H20N2O2S/c1-15(12-7-4-3-5-8-12)14(19)16-11-13(18)17(15)9-6-10-20-2/h3-5,7-8H,6,9-11H2,1-2H3,(H,16,19). The molecule has 5 heteroatoms. The van der Waals surface area contributed by atoms with Gasteiger partial charge in [0, 0.05) is 6.54 Å². The van der Waals surface area contributed by atoms with Gasteiger partial charge in [0.15, 0.2) is 0 Å². The number of carbonyl (C=O) groups excluding carboxylic acids is 2. The fourth-order valence-corrected chi connectivity index (χ4v) is 2.98. The van der Waals surface area contributed by atoms with Crippen molar-refractivity contribution in [2.24, 2.45) is 0 Å². The van der Waals surface area contributed by atoms with Crippen molar-refractivity contribution >= 4 is 23.6 Å². The Morgan fingerprint density at radius 3 is 2.65 bits per heavy atom. The van der Waals surface area contributed by atoms with E-state index in [2.05, 4.69) is 5.32 Å². The summed E-state index contributed by atoms with van der Waals surface area (Å²) in [6, 6.07) is 9.51. The van der Waals surface area contributed by atoms with Gasteiger partial charge in [0.25, 0.3) is 5.91 Å². The molecule has 1 aromatic carbocycles. The van der Waals surface area contributed by atoms with Crippen LogP contribution < -0.4 is 5.32 Å². The second-order valence-corrected chi connectivity index (χ2v) is 6.00. The summed E-state index contributed by atoms with van der Waals surface area (Å²) in [5, 5.41) is 2.71. The lowest BCUT2D eigenvalue weighted by atomic mass is 9.87. The van der Waals surface area contributed by atoms with Gasteiger partial charge in [0.05, 0.1) is 6.54 Å². The van der Waals surface area contributed by atoms with Crippen molar-refractivity contribution in [3.05, 3.63) is 35.9 Å². The Hall–Kier alpha value is -1.49. The Kier molecular flexibility index (Phi) is 4.70. The van der Waals surface area contributed by atoms with Gasteiger partial charge in [-0.1, -0.05) is 30.3 Å². The van der Waals surface area contributed by atoms with Crippen LogP contribution in [0.5, 0.6) is 0 Å². The summed E-state index contributed by atoms with van der Waals surface area (Å²) in [6.45, 7) is 2.53. The maximum Gasteiger partial charge on any atom is 0.250 e. The highest BCUT2D eigenvalue weighted by molar-refractivity contribution is 7.98. The van der Waals surface area contributed by atoms with E-state index in [1.807, 2.05) is 43.5 Å². The molecule has 108 valence electrons. The van der Waals surface area contributed by atoms with Gasteiger partial charge in [-0.2, -0.15) is 11.8 Å². The van der Waals surface area contributed by atoms with Crippen LogP contribution in [0.25, 0.3) is 0 Å². The zero-order chi connectivity index (χ0) is 14.6. The maximum absolute atomic E-state index is 12.4. The van der Waals surface area contributed by atoms with Crippen LogP contribution in [-0.2, 0) is 15.1 Å². The quantitative estimate of drug-likeness (QED) is 0.839. The molecule has 0 aromatic heterocycles. The normalized spacial score (nSPS) is 22.8. The first-order chi connectivity index (χ1) is 9.60. The number of benzene rings is 1. The molecule has 1 unspecified atom stereocenters. The SMILES string of the molecule is CSCCCN1C(=O)CNC(=O)C1(C)c1ccccc1. The smallest absolute Gasteiger partial charge is 0.250 e. The summed E-state index contributed by atoms with van der Waals surface area (Å²) in [6.07, 6.45) is 2.93. The third kappa shape index (κ3) is 2.68. The molecule has 1 aromatic rings. The molecule has 2 amide bonds. The van der Waals surface area contributed by atoms with Crippen molar-refractivity contribution in [3.63, 3.8) is 0 Å². The summed E-state index contributed by atoms with van der Waals surface area (Å²) in [7, 11) is 0. The molecule has 2 rings (SSSR count). The Balaban J connectivity index is 2.32. The van der Waals surface area contributed by atoms with Gasteiger partial charge in [-0.05, 0) is 30.9 Å². The highest BCUT2D eigenvalue weighted by Gasteiger charge is 2.46. The highest BCUT2D eigenvalue weighted by atomic mass is 32.2. The van der Waals surface area contributed by atoms with Crippen molar-refractivity contribution in [2.75, 3.05) is 25.1 Å². The Morgan fingerprint density at radius 2 is 2.00 bits per heavy atom. The van der Waals surface area contributed by atoms with Crippen LogP contribution in [0.15, 0.2) is 30.3 Å². The van der Waals surface area contributed by atoms with Gasteiger partial charge in [-0.25, -0.2) is 0 Å².